The van der Waals surface area contributed by atoms with Crippen LogP contribution in [-0.4, -0.2) is 47.0 Å². The van der Waals surface area contributed by atoms with E-state index in [4.69, 9.17) is 0 Å². The van der Waals surface area contributed by atoms with Crippen molar-refractivity contribution >= 4 is 11.7 Å². The largest absolute Gasteiger partial charge is 0.356 e. The number of hydrogen-bond donors (Lipinski definition) is 0. The topological polar surface area (TPSA) is 49.3 Å². The zero-order valence-electron chi connectivity index (χ0n) is 15.0. The predicted molar refractivity (Wildman–Crippen MR) is 93.8 cm³/mol. The first-order valence-corrected chi connectivity index (χ1v) is 9.28. The highest BCUT2D eigenvalue weighted by atomic mass is 16.2. The third-order valence-corrected chi connectivity index (χ3v) is 6.00. The van der Waals surface area contributed by atoms with Crippen molar-refractivity contribution < 1.29 is 4.79 Å². The van der Waals surface area contributed by atoms with Gasteiger partial charge in [0, 0.05) is 55.4 Å². The molecule has 4 rings (SSSR count). The Labute approximate surface area is 144 Å². The maximum absolute atomic E-state index is 12.5. The smallest absolute Gasteiger partial charge is 0.225 e. The van der Waals surface area contributed by atoms with Crippen molar-refractivity contribution in [2.45, 2.75) is 45.4 Å². The molecule has 2 aliphatic heterocycles. The van der Waals surface area contributed by atoms with E-state index in [-0.39, 0.29) is 5.41 Å². The second-order valence-corrected chi connectivity index (χ2v) is 8.81. The first-order chi connectivity index (χ1) is 11.4. The molecule has 0 radical (unpaired) electrons. The molecule has 3 heterocycles. The Bertz CT molecular complexity index is 620. The van der Waals surface area contributed by atoms with Gasteiger partial charge in [-0.25, -0.2) is 9.97 Å². The molecule has 3 aliphatic rings. The van der Waals surface area contributed by atoms with E-state index in [2.05, 4.69) is 46.6 Å². The second kappa shape index (κ2) is 5.71. The van der Waals surface area contributed by atoms with Crippen LogP contribution < -0.4 is 4.90 Å². The Kier molecular flexibility index (Phi) is 3.77. The summed E-state index contributed by atoms with van der Waals surface area (Å²) in [4.78, 5) is 25.9. The molecule has 0 bridgehead atoms. The number of carbonyl (C=O) groups is 1. The Balaban J connectivity index is 1.41. The van der Waals surface area contributed by atoms with Gasteiger partial charge < -0.3 is 9.80 Å². The molecule has 2 atom stereocenters. The van der Waals surface area contributed by atoms with Gasteiger partial charge in [-0.3, -0.25) is 4.79 Å². The van der Waals surface area contributed by atoms with Crippen LogP contribution in [0.1, 0.15) is 45.7 Å². The first kappa shape index (κ1) is 15.9. The summed E-state index contributed by atoms with van der Waals surface area (Å²) < 4.78 is 0. The van der Waals surface area contributed by atoms with Gasteiger partial charge >= 0.3 is 0 Å². The van der Waals surface area contributed by atoms with E-state index < -0.39 is 0 Å². The van der Waals surface area contributed by atoms with Crippen LogP contribution in [0.4, 0.5) is 5.82 Å². The summed E-state index contributed by atoms with van der Waals surface area (Å²) in [6, 6.07) is 2.14. The van der Waals surface area contributed by atoms with Gasteiger partial charge in [0.25, 0.3) is 0 Å². The van der Waals surface area contributed by atoms with Crippen molar-refractivity contribution in [3.8, 4) is 0 Å². The summed E-state index contributed by atoms with van der Waals surface area (Å²) in [6.07, 6.45) is 5.13. The maximum Gasteiger partial charge on any atom is 0.225 e. The lowest BCUT2D eigenvalue weighted by atomic mass is 9.84. The summed E-state index contributed by atoms with van der Waals surface area (Å²) >= 11 is 0. The zero-order chi connectivity index (χ0) is 16.9. The van der Waals surface area contributed by atoms with Gasteiger partial charge in [-0.1, -0.05) is 27.2 Å². The fourth-order valence-corrected chi connectivity index (χ4v) is 4.20. The number of amides is 1. The van der Waals surface area contributed by atoms with Gasteiger partial charge in [0.05, 0.1) is 5.69 Å². The number of hydrogen-bond acceptors (Lipinski definition) is 4. The van der Waals surface area contributed by atoms with Crippen molar-refractivity contribution in [2.75, 3.05) is 31.1 Å². The summed E-state index contributed by atoms with van der Waals surface area (Å²) in [5.41, 5.74) is 1.13. The highest BCUT2D eigenvalue weighted by molar-refractivity contribution is 5.80. The Morgan fingerprint density at radius 2 is 1.75 bits per heavy atom. The number of aromatic nitrogens is 2. The van der Waals surface area contributed by atoms with Crippen molar-refractivity contribution in [1.29, 1.82) is 0 Å². The van der Waals surface area contributed by atoms with Crippen LogP contribution in [0.15, 0.2) is 12.4 Å². The lowest BCUT2D eigenvalue weighted by molar-refractivity contribution is -0.137. The van der Waals surface area contributed by atoms with Crippen LogP contribution in [0, 0.1) is 17.8 Å². The van der Waals surface area contributed by atoms with Gasteiger partial charge in [-0.05, 0) is 12.8 Å². The predicted octanol–water partition coefficient (Wildman–Crippen LogP) is 2.47. The van der Waals surface area contributed by atoms with Gasteiger partial charge in [0.2, 0.25) is 5.91 Å². The van der Waals surface area contributed by atoms with Gasteiger partial charge in [-0.2, -0.15) is 0 Å². The molecule has 2 saturated heterocycles. The van der Waals surface area contributed by atoms with Crippen molar-refractivity contribution in [3.63, 3.8) is 0 Å². The van der Waals surface area contributed by atoms with Gasteiger partial charge in [-0.15, -0.1) is 0 Å². The van der Waals surface area contributed by atoms with Crippen molar-refractivity contribution in [2.24, 2.45) is 17.8 Å². The van der Waals surface area contributed by atoms with Crippen LogP contribution in [0.3, 0.4) is 0 Å². The molecule has 130 valence electrons. The number of nitrogens with zero attached hydrogens (tertiary/aromatic N) is 4. The van der Waals surface area contributed by atoms with E-state index in [0.29, 0.717) is 23.7 Å². The minimum Gasteiger partial charge on any atom is -0.356 e. The molecular weight excluding hydrogens is 300 g/mol. The van der Waals surface area contributed by atoms with Crippen LogP contribution in [-0.2, 0) is 10.2 Å². The quantitative estimate of drug-likeness (QED) is 0.837. The molecule has 1 aromatic rings. The molecule has 3 fully saturated rings. The first-order valence-electron chi connectivity index (χ1n) is 9.28. The fraction of sp³-hybridized carbons (Fsp3) is 0.737. The van der Waals surface area contributed by atoms with Gasteiger partial charge in [0.15, 0.2) is 0 Å². The maximum atomic E-state index is 12.5. The number of carbonyl (C=O) groups excluding carboxylic acids is 1. The molecule has 5 heteroatoms. The summed E-state index contributed by atoms with van der Waals surface area (Å²) in [7, 11) is 0. The van der Waals surface area contributed by atoms with E-state index in [9.17, 15) is 4.79 Å². The lowest BCUT2D eigenvalue weighted by Crippen LogP contribution is -2.39. The van der Waals surface area contributed by atoms with E-state index >= 15 is 0 Å². The Morgan fingerprint density at radius 3 is 2.29 bits per heavy atom. The molecule has 24 heavy (non-hydrogen) atoms. The minimum atomic E-state index is 0.0409. The highest BCUT2D eigenvalue weighted by Gasteiger charge is 2.43. The normalized spacial score (nSPS) is 27.3. The molecule has 5 nitrogen and oxygen atoms in total. The Morgan fingerprint density at radius 1 is 1.08 bits per heavy atom. The monoisotopic (exact) mass is 328 g/mol. The molecule has 2 unspecified atom stereocenters. The van der Waals surface area contributed by atoms with E-state index in [0.717, 1.165) is 50.5 Å². The summed E-state index contributed by atoms with van der Waals surface area (Å²) in [5, 5.41) is 0. The third kappa shape index (κ3) is 2.78. The number of anilines is 1. The molecule has 0 N–H and O–H groups in total. The molecule has 1 aromatic heterocycles. The van der Waals surface area contributed by atoms with Crippen molar-refractivity contribution in [1.82, 2.24) is 14.9 Å². The van der Waals surface area contributed by atoms with Crippen LogP contribution in [0.25, 0.3) is 0 Å². The van der Waals surface area contributed by atoms with Gasteiger partial charge in [0.1, 0.15) is 12.1 Å². The third-order valence-electron chi connectivity index (χ3n) is 6.00. The number of fused-ring (bicyclic) bond motifs is 1. The standard InChI is InChI=1S/C19H28N4O/c1-19(2,3)16-7-17(21-12-20-16)22-8-14-10-23(11-15(14)9-22)18(24)13-5-4-6-13/h7,12-15H,4-6,8-11H2,1-3H3. The average Bonchev–Trinajstić information content (AvgIpc) is 3.03. The van der Waals surface area contributed by atoms with Crippen LogP contribution >= 0.6 is 0 Å². The molecule has 1 aliphatic carbocycles. The minimum absolute atomic E-state index is 0.0409. The molecule has 1 saturated carbocycles. The second-order valence-electron chi connectivity index (χ2n) is 8.81. The molecule has 0 aromatic carbocycles. The van der Waals surface area contributed by atoms with E-state index in [1.165, 1.54) is 6.42 Å². The SMILES string of the molecule is CC(C)(C)c1cc(N2CC3CN(C(=O)C4CCC4)CC3C2)ncn1. The van der Waals surface area contributed by atoms with Crippen LogP contribution in [0.2, 0.25) is 0 Å². The highest BCUT2D eigenvalue weighted by Crippen LogP contribution is 2.36. The summed E-state index contributed by atoms with van der Waals surface area (Å²) in [5.74, 6) is 2.99. The zero-order valence-corrected chi connectivity index (χ0v) is 15.0. The lowest BCUT2D eigenvalue weighted by Gasteiger charge is -2.30. The van der Waals surface area contributed by atoms with E-state index in [1.54, 1.807) is 6.33 Å². The molecular formula is C19H28N4O. The summed E-state index contributed by atoms with van der Waals surface area (Å²) in [6.45, 7) is 10.5. The fourth-order valence-electron chi connectivity index (χ4n) is 4.20. The van der Waals surface area contributed by atoms with Crippen molar-refractivity contribution in [3.05, 3.63) is 18.1 Å². The van der Waals surface area contributed by atoms with E-state index in [1.807, 2.05) is 0 Å². The molecule has 1 amide bonds. The van der Waals surface area contributed by atoms with Crippen LogP contribution in [0.5, 0.6) is 0 Å². The molecule has 0 spiro atoms. The number of likely N-dealkylation sites (tertiary alicyclic amines) is 1. The average molecular weight is 328 g/mol. The number of rotatable bonds is 2. The Hall–Kier alpha value is -1.65.